The molecular formula is C11H22N2O2. The van der Waals surface area contributed by atoms with E-state index in [0.29, 0.717) is 19.6 Å². The molecule has 4 nitrogen and oxygen atoms in total. The number of piperazine rings is 1. The zero-order valence-electron chi connectivity index (χ0n) is 10.1. The van der Waals surface area contributed by atoms with E-state index in [-0.39, 0.29) is 23.5 Å². The number of nitrogens with one attached hydrogen (secondary N) is 1. The van der Waals surface area contributed by atoms with Gasteiger partial charge in [0.25, 0.3) is 0 Å². The van der Waals surface area contributed by atoms with Gasteiger partial charge in [-0.1, -0.05) is 13.8 Å². The number of carbonyl (C=O) groups excluding carboxylic acids is 1. The smallest absolute Gasteiger partial charge is 0.234 e. The molecule has 15 heavy (non-hydrogen) atoms. The van der Waals surface area contributed by atoms with Crippen molar-refractivity contribution in [2.75, 3.05) is 19.6 Å². The minimum Gasteiger partial charge on any atom is -0.392 e. The van der Waals surface area contributed by atoms with Crippen molar-refractivity contribution in [1.82, 2.24) is 10.2 Å². The van der Waals surface area contributed by atoms with E-state index in [1.807, 2.05) is 13.8 Å². The number of β-amino-alcohol motifs (C(OH)–C–C–N with tert-alkyl or cyclic N) is 1. The van der Waals surface area contributed by atoms with Gasteiger partial charge in [-0.2, -0.15) is 0 Å². The van der Waals surface area contributed by atoms with Crippen LogP contribution in [0.1, 0.15) is 27.7 Å². The van der Waals surface area contributed by atoms with Crippen molar-refractivity contribution >= 4 is 5.91 Å². The third-order valence-electron chi connectivity index (χ3n) is 3.09. The van der Waals surface area contributed by atoms with Gasteiger partial charge in [-0.05, 0) is 19.8 Å². The summed E-state index contributed by atoms with van der Waals surface area (Å²) in [4.78, 5) is 13.3. The maximum absolute atomic E-state index is 11.3. The number of amides is 1. The highest BCUT2D eigenvalue weighted by molar-refractivity contribution is 5.79. The van der Waals surface area contributed by atoms with Crippen LogP contribution in [0.4, 0.5) is 0 Å². The number of aliphatic hydroxyl groups excluding tert-OH is 1. The molecule has 1 atom stereocenters. The first-order chi connectivity index (χ1) is 6.83. The molecule has 4 heteroatoms. The lowest BCUT2D eigenvalue weighted by Gasteiger charge is -2.43. The standard InChI is InChI=1S/C11H22N2O2/c1-8(2)9(14)5-13-6-10(15)12-7-11(13,3)4/h8-9,14H,5-7H2,1-4H3,(H,12,15). The van der Waals surface area contributed by atoms with Crippen LogP contribution in [0.5, 0.6) is 0 Å². The molecule has 0 saturated carbocycles. The lowest BCUT2D eigenvalue weighted by atomic mass is 9.97. The van der Waals surface area contributed by atoms with Gasteiger partial charge in [0.2, 0.25) is 5.91 Å². The first kappa shape index (κ1) is 12.5. The molecule has 0 aromatic heterocycles. The Morgan fingerprint density at radius 2 is 2.13 bits per heavy atom. The van der Waals surface area contributed by atoms with Crippen LogP contribution in [-0.4, -0.2) is 47.2 Å². The molecule has 0 aromatic rings. The van der Waals surface area contributed by atoms with E-state index in [2.05, 4.69) is 24.1 Å². The van der Waals surface area contributed by atoms with Crippen LogP contribution in [0.15, 0.2) is 0 Å². The van der Waals surface area contributed by atoms with Crippen LogP contribution in [0.25, 0.3) is 0 Å². The van der Waals surface area contributed by atoms with Crippen molar-refractivity contribution in [3.63, 3.8) is 0 Å². The molecule has 0 bridgehead atoms. The third kappa shape index (κ3) is 3.18. The van der Waals surface area contributed by atoms with Gasteiger partial charge in [0.1, 0.15) is 0 Å². The fourth-order valence-electron chi connectivity index (χ4n) is 1.62. The molecule has 0 aliphatic carbocycles. The zero-order chi connectivity index (χ0) is 11.6. The second-order valence-electron chi connectivity index (χ2n) is 5.28. The fourth-order valence-corrected chi connectivity index (χ4v) is 1.62. The number of hydrogen-bond acceptors (Lipinski definition) is 3. The molecule has 1 unspecified atom stereocenters. The van der Waals surface area contributed by atoms with Crippen molar-refractivity contribution in [2.24, 2.45) is 5.92 Å². The first-order valence-electron chi connectivity index (χ1n) is 5.53. The predicted molar refractivity (Wildman–Crippen MR) is 59.5 cm³/mol. The summed E-state index contributed by atoms with van der Waals surface area (Å²) in [5.41, 5.74) is -0.0657. The van der Waals surface area contributed by atoms with Gasteiger partial charge >= 0.3 is 0 Å². The Bertz CT molecular complexity index is 239. The van der Waals surface area contributed by atoms with Crippen LogP contribution in [0, 0.1) is 5.92 Å². The summed E-state index contributed by atoms with van der Waals surface area (Å²) in [5.74, 6) is 0.274. The van der Waals surface area contributed by atoms with Crippen molar-refractivity contribution in [3.05, 3.63) is 0 Å². The quantitative estimate of drug-likeness (QED) is 0.706. The van der Waals surface area contributed by atoms with Gasteiger partial charge in [-0.3, -0.25) is 9.69 Å². The highest BCUT2D eigenvalue weighted by Crippen LogP contribution is 2.18. The molecule has 1 heterocycles. The predicted octanol–water partition coefficient (Wildman–Crippen LogP) is 0.214. The highest BCUT2D eigenvalue weighted by Gasteiger charge is 2.34. The molecule has 1 saturated heterocycles. The largest absolute Gasteiger partial charge is 0.392 e. The van der Waals surface area contributed by atoms with Crippen molar-refractivity contribution < 1.29 is 9.90 Å². The average molecular weight is 214 g/mol. The number of rotatable bonds is 3. The van der Waals surface area contributed by atoms with Gasteiger partial charge in [-0.15, -0.1) is 0 Å². The van der Waals surface area contributed by atoms with Crippen LogP contribution >= 0.6 is 0 Å². The van der Waals surface area contributed by atoms with Crippen LogP contribution in [0.2, 0.25) is 0 Å². The van der Waals surface area contributed by atoms with E-state index < -0.39 is 0 Å². The molecule has 2 N–H and O–H groups in total. The number of hydrogen-bond donors (Lipinski definition) is 2. The summed E-state index contributed by atoms with van der Waals surface area (Å²) in [7, 11) is 0. The maximum atomic E-state index is 11.3. The van der Waals surface area contributed by atoms with E-state index in [0.717, 1.165) is 0 Å². The van der Waals surface area contributed by atoms with Crippen molar-refractivity contribution in [3.8, 4) is 0 Å². The van der Waals surface area contributed by atoms with Crippen molar-refractivity contribution in [2.45, 2.75) is 39.3 Å². The van der Waals surface area contributed by atoms with Gasteiger partial charge < -0.3 is 10.4 Å². The Hall–Kier alpha value is -0.610. The van der Waals surface area contributed by atoms with Gasteiger partial charge in [-0.25, -0.2) is 0 Å². The van der Waals surface area contributed by atoms with Crippen molar-refractivity contribution in [1.29, 1.82) is 0 Å². The molecule has 1 aliphatic heterocycles. The Balaban J connectivity index is 2.61. The molecular weight excluding hydrogens is 192 g/mol. The number of nitrogens with zero attached hydrogens (tertiary/aromatic N) is 1. The average Bonchev–Trinajstić information content (AvgIpc) is 2.11. The summed E-state index contributed by atoms with van der Waals surface area (Å²) in [6.07, 6.45) is -0.366. The third-order valence-corrected chi connectivity index (χ3v) is 3.09. The van der Waals surface area contributed by atoms with E-state index in [1.165, 1.54) is 0 Å². The Morgan fingerprint density at radius 1 is 1.53 bits per heavy atom. The Labute approximate surface area is 91.6 Å². The summed E-state index contributed by atoms with van der Waals surface area (Å²) >= 11 is 0. The molecule has 0 aromatic carbocycles. The maximum Gasteiger partial charge on any atom is 0.234 e. The second-order valence-corrected chi connectivity index (χ2v) is 5.28. The van der Waals surface area contributed by atoms with Crippen LogP contribution in [0.3, 0.4) is 0 Å². The summed E-state index contributed by atoms with van der Waals surface area (Å²) in [6.45, 7) is 9.74. The van der Waals surface area contributed by atoms with Gasteiger partial charge in [0, 0.05) is 18.6 Å². The molecule has 0 spiro atoms. The molecule has 1 amide bonds. The highest BCUT2D eigenvalue weighted by atomic mass is 16.3. The van der Waals surface area contributed by atoms with E-state index in [9.17, 15) is 9.90 Å². The first-order valence-corrected chi connectivity index (χ1v) is 5.53. The topological polar surface area (TPSA) is 52.6 Å². The fraction of sp³-hybridized carbons (Fsp3) is 0.909. The zero-order valence-corrected chi connectivity index (χ0v) is 10.1. The van der Waals surface area contributed by atoms with E-state index in [4.69, 9.17) is 0 Å². The van der Waals surface area contributed by atoms with Crippen LogP contribution < -0.4 is 5.32 Å². The summed E-state index contributed by atoms with van der Waals surface area (Å²) in [6, 6.07) is 0. The van der Waals surface area contributed by atoms with Gasteiger partial charge in [0.05, 0.1) is 12.6 Å². The number of aliphatic hydroxyl groups is 1. The number of carbonyl (C=O) groups is 1. The molecule has 0 radical (unpaired) electrons. The normalized spacial score (nSPS) is 24.0. The molecule has 1 rings (SSSR count). The monoisotopic (exact) mass is 214 g/mol. The minimum atomic E-state index is -0.366. The van der Waals surface area contributed by atoms with E-state index in [1.54, 1.807) is 0 Å². The minimum absolute atomic E-state index is 0.0466. The lowest BCUT2D eigenvalue weighted by Crippen LogP contribution is -2.61. The van der Waals surface area contributed by atoms with Crippen LogP contribution in [-0.2, 0) is 4.79 Å². The SMILES string of the molecule is CC(C)C(O)CN1CC(=O)NCC1(C)C. The molecule has 88 valence electrons. The lowest BCUT2D eigenvalue weighted by molar-refractivity contribution is -0.128. The Morgan fingerprint density at radius 3 is 2.67 bits per heavy atom. The molecule has 1 fully saturated rings. The molecule has 1 aliphatic rings. The summed E-state index contributed by atoms with van der Waals surface area (Å²) in [5, 5.41) is 12.7. The van der Waals surface area contributed by atoms with E-state index >= 15 is 0 Å². The summed E-state index contributed by atoms with van der Waals surface area (Å²) < 4.78 is 0. The second kappa shape index (κ2) is 4.49. The van der Waals surface area contributed by atoms with Gasteiger partial charge in [0.15, 0.2) is 0 Å². The Kier molecular flexibility index (Phi) is 3.73.